The summed E-state index contributed by atoms with van der Waals surface area (Å²) in [5.41, 5.74) is 2.53. The molecule has 0 aromatic heterocycles. The molecule has 0 amide bonds. The Kier molecular flexibility index (Phi) is 9.34. The van der Waals surface area contributed by atoms with E-state index in [0.29, 0.717) is 0 Å². The zero-order valence-corrected chi connectivity index (χ0v) is 14.2. The maximum atomic E-state index is 9.00. The van der Waals surface area contributed by atoms with Crippen molar-refractivity contribution in [2.75, 3.05) is 13.3 Å². The number of rotatable bonds is 2. The standard InChI is InChI=1S/C14H14P.C2H4O2.Pd/c1-15(2)14-11-7-6-10-13(14)12-8-4-3-5-9-12;1-2(3)4;/h3-8,10-11H,1-2H3;1H3,(H,3,4);/q-1;;. The smallest absolute Gasteiger partial charge is 0.300 e. The summed E-state index contributed by atoms with van der Waals surface area (Å²) in [5, 5.41) is 8.87. The SMILES string of the molecule is CC(=O)O.CP(C)c1ccccc1-c1[c-]cccc1.[Pd]. The van der Waals surface area contributed by atoms with Crippen molar-refractivity contribution >= 4 is 19.2 Å². The zero-order chi connectivity index (χ0) is 14.3. The molecule has 20 heavy (non-hydrogen) atoms. The first-order valence-corrected chi connectivity index (χ1v) is 8.19. The molecule has 0 aliphatic heterocycles. The summed E-state index contributed by atoms with van der Waals surface area (Å²) in [6, 6.07) is 20.1. The Morgan fingerprint density at radius 1 is 1.10 bits per heavy atom. The molecular weight excluding hydrogens is 362 g/mol. The largest absolute Gasteiger partial charge is 0.481 e. The summed E-state index contributed by atoms with van der Waals surface area (Å²) in [5.74, 6) is -0.833. The molecule has 0 spiro atoms. The van der Waals surface area contributed by atoms with Gasteiger partial charge in [0.1, 0.15) is 0 Å². The Morgan fingerprint density at radius 2 is 1.65 bits per heavy atom. The predicted octanol–water partition coefficient (Wildman–Crippen LogP) is 3.61. The molecule has 2 aromatic rings. The summed E-state index contributed by atoms with van der Waals surface area (Å²) in [4.78, 5) is 9.00. The molecule has 0 saturated heterocycles. The molecule has 1 N–H and O–H groups in total. The maximum Gasteiger partial charge on any atom is 0.300 e. The van der Waals surface area contributed by atoms with Crippen LogP contribution >= 0.6 is 7.92 Å². The third-order valence-electron chi connectivity index (χ3n) is 2.39. The van der Waals surface area contributed by atoms with Crippen LogP contribution in [-0.2, 0) is 25.2 Å². The minimum absolute atomic E-state index is 0. The molecule has 110 valence electrons. The summed E-state index contributed by atoms with van der Waals surface area (Å²) in [6.07, 6.45) is 0. The van der Waals surface area contributed by atoms with E-state index in [9.17, 15) is 0 Å². The van der Waals surface area contributed by atoms with E-state index in [2.05, 4.69) is 55.8 Å². The third kappa shape index (κ3) is 6.44. The summed E-state index contributed by atoms with van der Waals surface area (Å²) in [7, 11) is -0.0600. The van der Waals surface area contributed by atoms with E-state index in [0.717, 1.165) is 6.92 Å². The van der Waals surface area contributed by atoms with E-state index in [1.54, 1.807) is 0 Å². The fourth-order valence-corrected chi connectivity index (χ4v) is 2.71. The minimum atomic E-state index is -0.833. The van der Waals surface area contributed by atoms with E-state index in [4.69, 9.17) is 9.90 Å². The van der Waals surface area contributed by atoms with Gasteiger partial charge in [-0.2, -0.15) is 0 Å². The second-order valence-corrected chi connectivity index (χ2v) is 6.48. The maximum absolute atomic E-state index is 9.00. The van der Waals surface area contributed by atoms with Crippen LogP contribution in [0.5, 0.6) is 0 Å². The topological polar surface area (TPSA) is 37.3 Å². The Balaban J connectivity index is 0.000000644. The predicted molar refractivity (Wildman–Crippen MR) is 82.4 cm³/mol. The van der Waals surface area contributed by atoms with Gasteiger partial charge in [0.2, 0.25) is 0 Å². The molecule has 0 fully saturated rings. The van der Waals surface area contributed by atoms with Crippen molar-refractivity contribution in [2.24, 2.45) is 0 Å². The second kappa shape index (κ2) is 9.84. The van der Waals surface area contributed by atoms with Crippen LogP contribution in [0.3, 0.4) is 0 Å². The molecule has 2 aromatic carbocycles. The van der Waals surface area contributed by atoms with Crippen LogP contribution < -0.4 is 5.30 Å². The first-order valence-electron chi connectivity index (χ1n) is 5.95. The van der Waals surface area contributed by atoms with Gasteiger partial charge in [-0.1, -0.05) is 43.1 Å². The van der Waals surface area contributed by atoms with Crippen molar-refractivity contribution in [3.63, 3.8) is 0 Å². The van der Waals surface area contributed by atoms with Gasteiger partial charge in [-0.3, -0.25) is 4.79 Å². The summed E-state index contributed by atoms with van der Waals surface area (Å²) in [6.45, 7) is 5.66. The molecular formula is C16H18O2PPd-. The summed E-state index contributed by atoms with van der Waals surface area (Å²) >= 11 is 0. The average Bonchev–Trinajstić information content (AvgIpc) is 2.39. The molecule has 0 bridgehead atoms. The fourth-order valence-electron chi connectivity index (χ4n) is 1.65. The number of carboxylic acid groups (broad SMARTS) is 1. The molecule has 2 rings (SSSR count). The zero-order valence-electron chi connectivity index (χ0n) is 11.7. The number of aliphatic carboxylic acids is 1. The number of hydrogen-bond donors (Lipinski definition) is 1. The van der Waals surface area contributed by atoms with Crippen molar-refractivity contribution in [1.82, 2.24) is 0 Å². The fraction of sp³-hybridized carbons (Fsp3) is 0.188. The quantitative estimate of drug-likeness (QED) is 0.492. The number of benzene rings is 2. The third-order valence-corrected chi connectivity index (χ3v) is 3.74. The van der Waals surface area contributed by atoms with Crippen molar-refractivity contribution in [2.45, 2.75) is 6.92 Å². The molecule has 4 heteroatoms. The van der Waals surface area contributed by atoms with E-state index in [1.807, 2.05) is 12.1 Å². The van der Waals surface area contributed by atoms with Crippen LogP contribution in [0.4, 0.5) is 0 Å². The summed E-state index contributed by atoms with van der Waals surface area (Å²) < 4.78 is 0. The van der Waals surface area contributed by atoms with E-state index in [1.165, 1.54) is 16.4 Å². The molecule has 0 unspecified atom stereocenters. The van der Waals surface area contributed by atoms with Gasteiger partial charge in [-0.05, 0) is 13.3 Å². The van der Waals surface area contributed by atoms with Crippen LogP contribution in [0, 0.1) is 6.07 Å². The van der Waals surface area contributed by atoms with Gasteiger partial charge < -0.3 is 5.11 Å². The second-order valence-electron chi connectivity index (χ2n) is 4.21. The minimum Gasteiger partial charge on any atom is -0.481 e. The number of carbonyl (C=O) groups is 1. The van der Waals surface area contributed by atoms with E-state index >= 15 is 0 Å². The number of hydrogen-bond acceptors (Lipinski definition) is 1. The Hall–Kier alpha value is -0.998. The molecule has 2 nitrogen and oxygen atoms in total. The monoisotopic (exact) mass is 379 g/mol. The molecule has 0 radical (unpaired) electrons. The van der Waals surface area contributed by atoms with Crippen LogP contribution in [0.25, 0.3) is 11.1 Å². The van der Waals surface area contributed by atoms with Crippen LogP contribution in [-0.4, -0.2) is 24.4 Å². The molecule has 0 heterocycles. The van der Waals surface area contributed by atoms with Crippen LogP contribution in [0.1, 0.15) is 6.92 Å². The van der Waals surface area contributed by atoms with E-state index < -0.39 is 5.97 Å². The first kappa shape index (κ1) is 19.0. The van der Waals surface area contributed by atoms with Gasteiger partial charge in [0.25, 0.3) is 5.97 Å². The van der Waals surface area contributed by atoms with Gasteiger partial charge >= 0.3 is 0 Å². The van der Waals surface area contributed by atoms with Crippen molar-refractivity contribution in [1.29, 1.82) is 0 Å². The Morgan fingerprint density at radius 3 is 2.15 bits per heavy atom. The van der Waals surface area contributed by atoms with Gasteiger partial charge in [0, 0.05) is 27.3 Å². The molecule has 0 aliphatic rings. The number of carboxylic acids is 1. The normalized spacial score (nSPS) is 9.20. The Bertz CT molecular complexity index is 523. The average molecular weight is 380 g/mol. The van der Waals surface area contributed by atoms with Gasteiger partial charge in [-0.25, -0.2) is 0 Å². The molecule has 0 atom stereocenters. The van der Waals surface area contributed by atoms with Gasteiger partial charge in [0.05, 0.1) is 0 Å². The van der Waals surface area contributed by atoms with Crippen molar-refractivity contribution in [3.05, 3.63) is 54.6 Å². The van der Waals surface area contributed by atoms with Crippen molar-refractivity contribution < 1.29 is 30.3 Å². The van der Waals surface area contributed by atoms with E-state index in [-0.39, 0.29) is 28.3 Å². The first-order chi connectivity index (χ1) is 9.02. The van der Waals surface area contributed by atoms with Crippen molar-refractivity contribution in [3.8, 4) is 11.1 Å². The van der Waals surface area contributed by atoms with Gasteiger partial charge in [-0.15, -0.1) is 35.9 Å². The van der Waals surface area contributed by atoms with Gasteiger partial charge in [0.15, 0.2) is 0 Å². The van der Waals surface area contributed by atoms with Crippen LogP contribution in [0.2, 0.25) is 0 Å². The molecule has 0 saturated carbocycles. The Labute approximate surface area is 135 Å². The molecule has 0 aliphatic carbocycles. The van der Waals surface area contributed by atoms with Crippen LogP contribution in [0.15, 0.2) is 48.5 Å².